The van der Waals surface area contributed by atoms with Crippen LogP contribution in [0.4, 0.5) is 0 Å². The zero-order valence-corrected chi connectivity index (χ0v) is 5.54. The lowest BCUT2D eigenvalue weighted by atomic mass is 11.9. The van der Waals surface area contributed by atoms with E-state index in [0.717, 1.165) is 4.07 Å². The molecule has 1 fully saturated rings. The fourth-order valence-corrected chi connectivity index (χ4v) is 1.47. The highest BCUT2D eigenvalue weighted by Gasteiger charge is 2.18. The van der Waals surface area contributed by atoms with Crippen molar-refractivity contribution in [2.45, 2.75) is 4.07 Å². The van der Waals surface area contributed by atoms with E-state index in [0.29, 0.717) is 0 Å². The molecule has 0 N–H and O–H groups in total. The summed E-state index contributed by atoms with van der Waals surface area (Å²) in [4.78, 5) is 0. The third-order valence-corrected chi connectivity index (χ3v) is 6.40. The normalized spacial score (nSPS) is 26.2. The number of alkyl halides is 1. The Hall–Kier alpha value is 0.914. The van der Waals surface area contributed by atoms with E-state index in [9.17, 15) is 0 Å². The molecule has 0 nitrogen and oxygen atoms in total. The molecule has 0 aromatic heterocycles. The molecular weight excluding hydrogens is 148 g/mol. The molecule has 1 rings (SSSR count). The fraction of sp³-hybridized carbons (Fsp3) is 1.00. The number of hydrogen-bond acceptors (Lipinski definition) is 0. The van der Waals surface area contributed by atoms with Crippen molar-refractivity contribution in [3.63, 3.8) is 0 Å². The molecule has 0 unspecified atom stereocenters. The van der Waals surface area contributed by atoms with Crippen LogP contribution >= 0.6 is 15.9 Å². The molecule has 0 atom stereocenters. The van der Waals surface area contributed by atoms with Gasteiger partial charge in [-0.15, -0.1) is 0 Å². The summed E-state index contributed by atoms with van der Waals surface area (Å²) in [6.45, 7) is 0. The van der Waals surface area contributed by atoms with Crippen LogP contribution in [0.2, 0.25) is 0 Å². The van der Waals surface area contributed by atoms with Crippen LogP contribution in [0.25, 0.3) is 0 Å². The van der Waals surface area contributed by atoms with E-state index in [1.165, 1.54) is 18.1 Å². The summed E-state index contributed by atoms with van der Waals surface area (Å²) < 4.78 is 0.951. The first-order valence-electron chi connectivity index (χ1n) is 1.05. The lowest BCUT2D eigenvalue weighted by molar-refractivity contribution is 2.15. The second-order valence-electron chi connectivity index (χ2n) is 0.651. The SMILES string of the molecule is BrC1[Si][Si]1. The van der Waals surface area contributed by atoms with Gasteiger partial charge in [0.15, 0.2) is 0 Å². The largest absolute Gasteiger partial charge is 0.0976 e. The predicted octanol–water partition coefficient (Wildman–Crippen LogP) is 0.00190. The van der Waals surface area contributed by atoms with Gasteiger partial charge in [-0.05, 0) is 4.07 Å². The second kappa shape index (κ2) is 0.950. The van der Waals surface area contributed by atoms with E-state index in [2.05, 4.69) is 15.9 Å². The van der Waals surface area contributed by atoms with Crippen LogP contribution in [-0.4, -0.2) is 22.1 Å². The minimum Gasteiger partial charge on any atom is -0.0976 e. The van der Waals surface area contributed by atoms with Crippen LogP contribution in [-0.2, 0) is 0 Å². The molecule has 0 aliphatic carbocycles. The molecule has 3 heteroatoms. The number of hydrogen-bond donors (Lipinski definition) is 0. The molecule has 0 amide bonds. The molecule has 0 aromatic carbocycles. The Morgan fingerprint density at radius 3 is 1.75 bits per heavy atom. The van der Waals surface area contributed by atoms with Crippen molar-refractivity contribution in [1.82, 2.24) is 0 Å². The van der Waals surface area contributed by atoms with E-state index in [1.54, 1.807) is 0 Å². The maximum atomic E-state index is 3.41. The Morgan fingerprint density at radius 1 is 1.50 bits per heavy atom. The summed E-state index contributed by atoms with van der Waals surface area (Å²) >= 11 is 3.41. The zero-order chi connectivity index (χ0) is 2.99. The summed E-state index contributed by atoms with van der Waals surface area (Å²) in [5.41, 5.74) is 0. The summed E-state index contributed by atoms with van der Waals surface area (Å²) in [5, 5.41) is 0. The predicted molar refractivity (Wildman–Crippen MR) is 24.2 cm³/mol. The van der Waals surface area contributed by atoms with Gasteiger partial charge in [-0.1, -0.05) is 15.9 Å². The van der Waals surface area contributed by atoms with Crippen LogP contribution in [0.1, 0.15) is 0 Å². The van der Waals surface area contributed by atoms with Crippen molar-refractivity contribution in [3.05, 3.63) is 0 Å². The average Bonchev–Trinajstić information content (AvgIpc) is 1.75. The molecule has 0 aromatic rings. The van der Waals surface area contributed by atoms with Gasteiger partial charge in [-0.2, -0.15) is 0 Å². The lowest BCUT2D eigenvalue weighted by Crippen LogP contribution is -1.55. The zero-order valence-electron chi connectivity index (χ0n) is 1.96. The monoisotopic (exact) mass is 148 g/mol. The van der Waals surface area contributed by atoms with Crippen LogP contribution in [0.3, 0.4) is 0 Å². The van der Waals surface area contributed by atoms with Gasteiger partial charge in [0.2, 0.25) is 0 Å². The third-order valence-electron chi connectivity index (χ3n) is 0.253. The molecule has 1 aliphatic rings. The molecule has 0 bridgehead atoms. The maximum Gasteiger partial charge on any atom is 0.0369 e. The highest BCUT2D eigenvalue weighted by atomic mass is 79.9. The first kappa shape index (κ1) is 3.12. The summed E-state index contributed by atoms with van der Waals surface area (Å²) in [6.07, 6.45) is 0. The Kier molecular flexibility index (Phi) is 0.740. The maximum absolute atomic E-state index is 3.41. The quantitative estimate of drug-likeness (QED) is 0.336. The molecule has 0 saturated carbocycles. The summed E-state index contributed by atoms with van der Waals surface area (Å²) in [6, 6.07) is 0. The first-order chi connectivity index (χ1) is 1.89. The number of rotatable bonds is 0. The smallest absolute Gasteiger partial charge is 0.0369 e. The highest BCUT2D eigenvalue weighted by Crippen LogP contribution is 2.04. The van der Waals surface area contributed by atoms with E-state index in [-0.39, 0.29) is 0 Å². The van der Waals surface area contributed by atoms with Gasteiger partial charge in [0.25, 0.3) is 0 Å². The Balaban J connectivity index is 2.17. The van der Waals surface area contributed by atoms with Crippen molar-refractivity contribution in [3.8, 4) is 0 Å². The van der Waals surface area contributed by atoms with Gasteiger partial charge < -0.3 is 0 Å². The minimum atomic E-state index is 0.951. The van der Waals surface area contributed by atoms with Gasteiger partial charge in [0.05, 0.1) is 0 Å². The molecule has 4 radical (unpaired) electrons. The van der Waals surface area contributed by atoms with Crippen molar-refractivity contribution in [1.29, 1.82) is 0 Å². The Bertz CT molecular complexity index is 25.2. The summed E-state index contributed by atoms with van der Waals surface area (Å²) in [7, 11) is 2.50. The first-order valence-corrected chi connectivity index (χ1v) is 5.12. The average molecular weight is 149 g/mol. The number of halogens is 1. The van der Waals surface area contributed by atoms with Gasteiger partial charge >= 0.3 is 0 Å². The molecule has 0 spiro atoms. The standard InChI is InChI=1S/CHBrSi2/c2-1-3-4-1/h1H. The van der Waals surface area contributed by atoms with Gasteiger partial charge in [-0.25, -0.2) is 0 Å². The highest BCUT2D eigenvalue weighted by molar-refractivity contribution is 9.11. The minimum absolute atomic E-state index is 0.951. The Labute approximate surface area is 38.5 Å². The van der Waals surface area contributed by atoms with Crippen LogP contribution in [0, 0.1) is 0 Å². The molecule has 1 heterocycles. The fourth-order valence-electron chi connectivity index (χ4n) is 0.0315. The lowest BCUT2D eigenvalue weighted by Gasteiger charge is -1.51. The van der Waals surface area contributed by atoms with Gasteiger partial charge in [0, 0.05) is 18.1 Å². The topological polar surface area (TPSA) is 0 Å². The van der Waals surface area contributed by atoms with Gasteiger partial charge in [0.1, 0.15) is 0 Å². The van der Waals surface area contributed by atoms with Crippen molar-refractivity contribution < 1.29 is 0 Å². The third kappa shape index (κ3) is 0.697. The Morgan fingerprint density at radius 2 is 1.75 bits per heavy atom. The summed E-state index contributed by atoms with van der Waals surface area (Å²) in [5.74, 6) is 0. The van der Waals surface area contributed by atoms with Crippen LogP contribution in [0.5, 0.6) is 0 Å². The van der Waals surface area contributed by atoms with E-state index in [4.69, 9.17) is 0 Å². The molecule has 4 heavy (non-hydrogen) atoms. The van der Waals surface area contributed by atoms with E-state index >= 15 is 0 Å². The van der Waals surface area contributed by atoms with E-state index in [1.807, 2.05) is 0 Å². The van der Waals surface area contributed by atoms with E-state index < -0.39 is 0 Å². The van der Waals surface area contributed by atoms with Crippen molar-refractivity contribution in [2.24, 2.45) is 0 Å². The molecule has 1 aliphatic heterocycles. The van der Waals surface area contributed by atoms with Crippen LogP contribution in [0.15, 0.2) is 0 Å². The van der Waals surface area contributed by atoms with Crippen molar-refractivity contribution in [2.75, 3.05) is 0 Å². The second-order valence-corrected chi connectivity index (χ2v) is 7.30. The van der Waals surface area contributed by atoms with Crippen LogP contribution < -0.4 is 0 Å². The molecular formula is CHBrSi2. The molecule has 20 valence electrons. The van der Waals surface area contributed by atoms with Gasteiger partial charge in [-0.3, -0.25) is 0 Å². The van der Waals surface area contributed by atoms with Crippen molar-refractivity contribution >= 4 is 34.0 Å². The molecule has 1 saturated heterocycles.